The maximum Gasteiger partial charge on any atom is 0.505 e. The summed E-state index contributed by atoms with van der Waals surface area (Å²) in [6.45, 7) is 0.598. The Hall–Kier alpha value is -0.203. The van der Waals surface area contributed by atoms with E-state index in [1.54, 1.807) is 14.2 Å². The van der Waals surface area contributed by atoms with Crippen molar-refractivity contribution in [3.8, 4) is 0 Å². The first-order valence-electron chi connectivity index (χ1n) is 5.10. The van der Waals surface area contributed by atoms with Crippen molar-refractivity contribution in [1.29, 1.82) is 0 Å². The van der Waals surface area contributed by atoms with E-state index < -0.39 is 8.80 Å². The molecule has 0 amide bonds. The van der Waals surface area contributed by atoms with Gasteiger partial charge in [0.25, 0.3) is 0 Å². The van der Waals surface area contributed by atoms with Crippen molar-refractivity contribution in [2.45, 2.75) is 6.04 Å². The number of alkyl halides is 1. The standard InChI is InChI=1S/C11H17BrO3Si/c1-13-16(14-2,15-9-8-12)10-11-6-4-3-5-7-11/h3-7H,8-10H2,1-2H3. The molecule has 0 saturated heterocycles. The van der Waals surface area contributed by atoms with Gasteiger partial charge in [-0.25, -0.2) is 0 Å². The van der Waals surface area contributed by atoms with Crippen molar-refractivity contribution in [3.63, 3.8) is 0 Å². The van der Waals surface area contributed by atoms with Crippen LogP contribution < -0.4 is 0 Å². The fraction of sp³-hybridized carbons (Fsp3) is 0.455. The zero-order valence-electron chi connectivity index (χ0n) is 9.61. The van der Waals surface area contributed by atoms with Gasteiger partial charge in [-0.1, -0.05) is 46.3 Å². The normalized spacial score (nSPS) is 11.7. The molecule has 0 fully saturated rings. The van der Waals surface area contributed by atoms with Gasteiger partial charge >= 0.3 is 8.80 Å². The topological polar surface area (TPSA) is 27.7 Å². The van der Waals surface area contributed by atoms with Gasteiger partial charge in [-0.2, -0.15) is 0 Å². The van der Waals surface area contributed by atoms with Crippen molar-refractivity contribution < 1.29 is 13.3 Å². The highest BCUT2D eigenvalue weighted by atomic mass is 79.9. The number of hydrogen-bond donors (Lipinski definition) is 0. The molecule has 1 rings (SSSR count). The van der Waals surface area contributed by atoms with Crippen molar-refractivity contribution in [2.24, 2.45) is 0 Å². The van der Waals surface area contributed by atoms with Gasteiger partial charge in [-0.3, -0.25) is 0 Å². The monoisotopic (exact) mass is 304 g/mol. The Balaban J connectivity index is 2.70. The highest BCUT2D eigenvalue weighted by Crippen LogP contribution is 2.15. The SMILES string of the molecule is CO[Si](Cc1ccccc1)(OC)OCCBr. The molecule has 90 valence electrons. The van der Waals surface area contributed by atoms with Gasteiger partial charge in [0.2, 0.25) is 0 Å². The molecule has 0 unspecified atom stereocenters. The van der Waals surface area contributed by atoms with E-state index in [0.717, 1.165) is 5.33 Å². The third-order valence-electron chi connectivity index (χ3n) is 2.28. The molecule has 1 aromatic rings. The summed E-state index contributed by atoms with van der Waals surface area (Å²) in [4.78, 5) is 0. The molecule has 0 aliphatic carbocycles. The average Bonchev–Trinajstić information content (AvgIpc) is 2.36. The Morgan fingerprint density at radius 1 is 1.12 bits per heavy atom. The van der Waals surface area contributed by atoms with Crippen LogP contribution in [-0.2, 0) is 19.3 Å². The van der Waals surface area contributed by atoms with Gasteiger partial charge in [0.15, 0.2) is 0 Å². The number of halogens is 1. The second kappa shape index (κ2) is 7.19. The number of benzene rings is 1. The summed E-state index contributed by atoms with van der Waals surface area (Å²) in [6.07, 6.45) is 0. The first-order valence-corrected chi connectivity index (χ1v) is 8.16. The summed E-state index contributed by atoms with van der Waals surface area (Å²) >= 11 is 3.33. The predicted octanol–water partition coefficient (Wildman–Crippen LogP) is 2.41. The van der Waals surface area contributed by atoms with Gasteiger partial charge in [0.1, 0.15) is 0 Å². The Morgan fingerprint density at radius 2 is 1.75 bits per heavy atom. The summed E-state index contributed by atoms with van der Waals surface area (Å²) in [5.74, 6) is 0. The Morgan fingerprint density at radius 3 is 2.25 bits per heavy atom. The minimum absolute atomic E-state index is 0.598. The minimum atomic E-state index is -2.54. The van der Waals surface area contributed by atoms with Crippen LogP contribution in [0.4, 0.5) is 0 Å². The van der Waals surface area contributed by atoms with E-state index in [1.807, 2.05) is 18.2 Å². The Labute approximate surface area is 106 Å². The number of rotatable bonds is 7. The van der Waals surface area contributed by atoms with Crippen LogP contribution in [0.15, 0.2) is 30.3 Å². The quantitative estimate of drug-likeness (QED) is 0.572. The smallest absolute Gasteiger partial charge is 0.377 e. The summed E-state index contributed by atoms with van der Waals surface area (Å²) in [6, 6.07) is 10.8. The van der Waals surface area contributed by atoms with E-state index in [9.17, 15) is 0 Å². The lowest BCUT2D eigenvalue weighted by molar-refractivity contribution is 0.104. The molecule has 0 aromatic heterocycles. The van der Waals surface area contributed by atoms with Crippen LogP contribution in [0.25, 0.3) is 0 Å². The molecule has 5 heteroatoms. The highest BCUT2D eigenvalue weighted by molar-refractivity contribution is 9.09. The Kier molecular flexibility index (Phi) is 6.23. The second-order valence-corrected chi connectivity index (χ2v) is 6.91. The van der Waals surface area contributed by atoms with Gasteiger partial charge in [0, 0.05) is 32.2 Å². The van der Waals surface area contributed by atoms with E-state index in [1.165, 1.54) is 5.56 Å². The van der Waals surface area contributed by atoms with Crippen LogP contribution in [0.3, 0.4) is 0 Å². The van der Waals surface area contributed by atoms with Crippen molar-refractivity contribution in [3.05, 3.63) is 35.9 Å². The molecule has 0 aliphatic rings. The molecule has 0 saturated carbocycles. The highest BCUT2D eigenvalue weighted by Gasteiger charge is 2.39. The summed E-state index contributed by atoms with van der Waals surface area (Å²) < 4.78 is 16.7. The molecule has 0 atom stereocenters. The average molecular weight is 305 g/mol. The fourth-order valence-corrected chi connectivity index (χ4v) is 3.84. The third kappa shape index (κ3) is 3.99. The minimum Gasteiger partial charge on any atom is -0.377 e. The maximum absolute atomic E-state index is 5.73. The lowest BCUT2D eigenvalue weighted by Gasteiger charge is -2.26. The zero-order chi connectivity index (χ0) is 11.9. The van der Waals surface area contributed by atoms with Crippen LogP contribution in [0.2, 0.25) is 0 Å². The molecule has 0 heterocycles. The molecule has 0 spiro atoms. The molecule has 0 aliphatic heterocycles. The van der Waals surface area contributed by atoms with E-state index in [2.05, 4.69) is 28.1 Å². The first-order chi connectivity index (χ1) is 7.76. The van der Waals surface area contributed by atoms with E-state index in [4.69, 9.17) is 13.3 Å². The fourth-order valence-electron chi connectivity index (χ4n) is 1.44. The van der Waals surface area contributed by atoms with E-state index >= 15 is 0 Å². The molecule has 16 heavy (non-hydrogen) atoms. The molecule has 0 bridgehead atoms. The largest absolute Gasteiger partial charge is 0.505 e. The van der Waals surface area contributed by atoms with Crippen LogP contribution in [0, 0.1) is 0 Å². The van der Waals surface area contributed by atoms with Crippen LogP contribution in [0.5, 0.6) is 0 Å². The van der Waals surface area contributed by atoms with Crippen LogP contribution in [0.1, 0.15) is 5.56 Å². The van der Waals surface area contributed by atoms with Gasteiger partial charge in [-0.05, 0) is 5.56 Å². The van der Waals surface area contributed by atoms with Gasteiger partial charge in [0.05, 0.1) is 0 Å². The third-order valence-corrected chi connectivity index (χ3v) is 5.34. The van der Waals surface area contributed by atoms with Gasteiger partial charge in [-0.15, -0.1) is 0 Å². The van der Waals surface area contributed by atoms with Gasteiger partial charge < -0.3 is 13.3 Å². The summed E-state index contributed by atoms with van der Waals surface area (Å²) in [5, 5.41) is 0.781. The van der Waals surface area contributed by atoms with Crippen molar-refractivity contribution in [2.75, 3.05) is 26.2 Å². The molecule has 1 aromatic carbocycles. The lowest BCUT2D eigenvalue weighted by atomic mass is 10.2. The number of hydrogen-bond acceptors (Lipinski definition) is 3. The Bertz CT molecular complexity index is 291. The predicted molar refractivity (Wildman–Crippen MR) is 69.7 cm³/mol. The van der Waals surface area contributed by atoms with Crippen molar-refractivity contribution >= 4 is 24.7 Å². The molecule has 0 N–H and O–H groups in total. The molecule has 3 nitrogen and oxygen atoms in total. The summed E-state index contributed by atoms with van der Waals surface area (Å²) in [7, 11) is 0.756. The van der Waals surface area contributed by atoms with Crippen LogP contribution in [-0.4, -0.2) is 35.0 Å². The summed E-state index contributed by atoms with van der Waals surface area (Å²) in [5.41, 5.74) is 1.17. The van der Waals surface area contributed by atoms with E-state index in [-0.39, 0.29) is 0 Å². The molecule has 0 radical (unpaired) electrons. The zero-order valence-corrected chi connectivity index (χ0v) is 12.2. The second-order valence-electron chi connectivity index (χ2n) is 3.29. The first kappa shape index (κ1) is 13.9. The molecular formula is C11H17BrO3Si. The lowest BCUT2D eigenvalue weighted by Crippen LogP contribution is -2.47. The molecular weight excluding hydrogens is 288 g/mol. The van der Waals surface area contributed by atoms with Crippen molar-refractivity contribution in [1.82, 2.24) is 0 Å². The van der Waals surface area contributed by atoms with E-state index in [0.29, 0.717) is 12.7 Å². The maximum atomic E-state index is 5.73. The van der Waals surface area contributed by atoms with Crippen LogP contribution >= 0.6 is 15.9 Å².